The van der Waals surface area contributed by atoms with Crippen molar-refractivity contribution in [2.75, 3.05) is 0 Å². The van der Waals surface area contributed by atoms with Crippen LogP contribution < -0.4 is 0 Å². The van der Waals surface area contributed by atoms with E-state index in [1.807, 2.05) is 24.3 Å². The average Bonchev–Trinajstić information content (AvgIpc) is 2.73. The van der Waals surface area contributed by atoms with Crippen LogP contribution in [0.5, 0.6) is 5.75 Å². The van der Waals surface area contributed by atoms with Crippen LogP contribution >= 0.6 is 11.3 Å². The maximum atomic E-state index is 9.69. The van der Waals surface area contributed by atoms with Gasteiger partial charge < -0.3 is 7.96 Å². The molecule has 0 amide bonds. The molecule has 17 heavy (non-hydrogen) atoms. The smallest absolute Gasteiger partial charge is 1.00 e. The molecule has 2 aromatic heterocycles. The fourth-order valence-corrected chi connectivity index (χ4v) is 2.51. The molecule has 3 nitrogen and oxygen atoms in total. The van der Waals surface area contributed by atoms with Crippen molar-refractivity contribution in [2.45, 2.75) is 0 Å². The van der Waals surface area contributed by atoms with Gasteiger partial charge in [0, 0.05) is 6.20 Å². The molecule has 0 bridgehead atoms. The molecular formula is C12H10BeN2OS. The Bertz CT molecular complexity index is 630. The molecule has 0 saturated carbocycles. The van der Waals surface area contributed by atoms with E-state index < -0.39 is 0 Å². The van der Waals surface area contributed by atoms with E-state index in [4.69, 9.17) is 0 Å². The van der Waals surface area contributed by atoms with Crippen LogP contribution in [-0.4, -0.2) is 25.2 Å². The van der Waals surface area contributed by atoms with E-state index in [2.05, 4.69) is 9.97 Å². The minimum Gasteiger partial charge on any atom is -1.00 e. The molecule has 0 spiro atoms. The van der Waals surface area contributed by atoms with Gasteiger partial charge in [0.2, 0.25) is 0 Å². The topological polar surface area (TPSA) is 46.0 Å². The second-order valence-electron chi connectivity index (χ2n) is 3.36. The van der Waals surface area contributed by atoms with Crippen molar-refractivity contribution in [1.82, 2.24) is 9.97 Å². The molecule has 3 rings (SSSR count). The van der Waals surface area contributed by atoms with Crippen LogP contribution in [0, 0.1) is 0 Å². The minimum atomic E-state index is 0. The Morgan fingerprint density at radius 1 is 1.12 bits per heavy atom. The van der Waals surface area contributed by atoms with Gasteiger partial charge in [-0.05, 0) is 24.3 Å². The number of para-hydroxylation sites is 1. The summed E-state index contributed by atoms with van der Waals surface area (Å²) in [5.41, 5.74) is 1.48. The van der Waals surface area contributed by atoms with E-state index >= 15 is 0 Å². The van der Waals surface area contributed by atoms with Crippen LogP contribution in [0.25, 0.3) is 20.9 Å². The summed E-state index contributed by atoms with van der Waals surface area (Å²) in [4.78, 5) is 8.58. The molecule has 5 heteroatoms. The van der Waals surface area contributed by atoms with Gasteiger partial charge in [-0.25, -0.2) is 9.97 Å². The number of benzene rings is 1. The van der Waals surface area contributed by atoms with Crippen molar-refractivity contribution in [3.8, 4) is 16.5 Å². The third kappa shape index (κ3) is 2.05. The second-order valence-corrected chi connectivity index (χ2v) is 4.39. The normalized spacial score (nSPS) is 10.1. The number of fused-ring (bicyclic) bond motifs is 1. The van der Waals surface area contributed by atoms with Gasteiger partial charge in [0.1, 0.15) is 16.5 Å². The number of hydrogen-bond acceptors (Lipinski definition) is 4. The quantitative estimate of drug-likeness (QED) is 0.664. The largest absolute Gasteiger partial charge is 2.00 e. The molecule has 1 N–H and O–H groups in total. The van der Waals surface area contributed by atoms with Crippen molar-refractivity contribution in [3.63, 3.8) is 0 Å². The fourth-order valence-electron chi connectivity index (χ4n) is 1.54. The maximum absolute atomic E-state index is 9.69. The van der Waals surface area contributed by atoms with Gasteiger partial charge in [-0.3, -0.25) is 0 Å². The predicted molar refractivity (Wildman–Crippen MR) is 72.5 cm³/mol. The Labute approximate surface area is 109 Å². The summed E-state index contributed by atoms with van der Waals surface area (Å²) in [5, 5.41) is 10.4. The van der Waals surface area contributed by atoms with E-state index in [1.54, 1.807) is 18.3 Å². The van der Waals surface area contributed by atoms with Crippen LogP contribution in [0.15, 0.2) is 42.6 Å². The minimum absolute atomic E-state index is 0. The molecular weight excluding hydrogens is 229 g/mol. The first-order valence-corrected chi connectivity index (χ1v) is 5.66. The predicted octanol–water partition coefficient (Wildman–Crippen LogP) is 2.91. The van der Waals surface area contributed by atoms with E-state index in [-0.39, 0.29) is 18.7 Å². The van der Waals surface area contributed by atoms with Crippen molar-refractivity contribution in [2.24, 2.45) is 0 Å². The van der Waals surface area contributed by atoms with Gasteiger partial charge in [0.25, 0.3) is 0 Å². The Kier molecular flexibility index (Phi) is 3.18. The summed E-state index contributed by atoms with van der Waals surface area (Å²) in [6.07, 6.45) is 1.65. The molecule has 2 heterocycles. The van der Waals surface area contributed by atoms with Crippen LogP contribution in [0.2, 0.25) is 0 Å². The Hall–Kier alpha value is -1.77. The first-order chi connectivity index (χ1) is 7.84. The first kappa shape index (κ1) is 11.7. The van der Waals surface area contributed by atoms with Crippen LogP contribution in [0.1, 0.15) is 2.85 Å². The molecule has 0 unspecified atom stereocenters. The van der Waals surface area contributed by atoms with E-state index in [1.165, 1.54) is 11.3 Å². The van der Waals surface area contributed by atoms with Crippen LogP contribution in [0.4, 0.5) is 0 Å². The van der Waals surface area contributed by atoms with E-state index in [0.717, 1.165) is 15.2 Å². The summed E-state index contributed by atoms with van der Waals surface area (Å²) in [5.74, 6) is 0.168. The molecule has 3 aromatic rings. The number of aromatic hydroxyl groups is 1. The molecule has 0 aliphatic heterocycles. The van der Waals surface area contributed by atoms with Gasteiger partial charge in [-0.2, -0.15) is 0 Å². The van der Waals surface area contributed by atoms with Gasteiger partial charge >= 0.3 is 10.1 Å². The number of aromatic nitrogens is 2. The van der Waals surface area contributed by atoms with Gasteiger partial charge in [-0.15, -0.1) is 11.3 Å². The number of rotatable bonds is 1. The zero-order chi connectivity index (χ0) is 11.0. The van der Waals surface area contributed by atoms with Gasteiger partial charge in [-0.1, -0.05) is 12.1 Å². The van der Waals surface area contributed by atoms with Crippen molar-refractivity contribution in [1.29, 1.82) is 0 Å². The van der Waals surface area contributed by atoms with Crippen LogP contribution in [0.3, 0.4) is 0 Å². The zero-order valence-corrected chi connectivity index (χ0v) is 9.81. The van der Waals surface area contributed by atoms with Gasteiger partial charge in [0.15, 0.2) is 0 Å². The van der Waals surface area contributed by atoms with Crippen LogP contribution in [-0.2, 0) is 0 Å². The number of thiazole rings is 1. The van der Waals surface area contributed by atoms with E-state index in [9.17, 15) is 5.11 Å². The molecule has 1 aromatic carbocycles. The molecule has 0 radical (unpaired) electrons. The summed E-state index contributed by atoms with van der Waals surface area (Å²) >= 11 is 1.53. The Balaban J connectivity index is 0.00000108. The second kappa shape index (κ2) is 4.61. The standard InChI is InChI=1S/C12H8N2OS.Be.2H/c15-9-5-3-7-13-11(9)12-14-8-4-1-2-6-10(8)16-12;;;/h1-7,15H;;;/q;+2;2*-1. The molecule has 0 fully saturated rings. The number of nitrogens with zero attached hydrogens (tertiary/aromatic N) is 2. The molecule has 82 valence electrons. The average molecular weight is 239 g/mol. The summed E-state index contributed by atoms with van der Waals surface area (Å²) in [6.45, 7) is 0. The number of hydrogen-bond donors (Lipinski definition) is 1. The molecule has 0 atom stereocenters. The third-order valence-corrected chi connectivity index (χ3v) is 3.33. The monoisotopic (exact) mass is 239 g/mol. The SMILES string of the molecule is Oc1cccnc1-c1nc2ccccc2s1.[Be+2].[H-].[H-]. The van der Waals surface area contributed by atoms with Crippen molar-refractivity contribution >= 4 is 31.7 Å². The van der Waals surface area contributed by atoms with Gasteiger partial charge in [0.05, 0.1) is 10.2 Å². The summed E-state index contributed by atoms with van der Waals surface area (Å²) < 4.78 is 1.10. The fraction of sp³-hybridized carbons (Fsp3) is 0. The Morgan fingerprint density at radius 2 is 1.94 bits per heavy atom. The summed E-state index contributed by atoms with van der Waals surface area (Å²) in [6, 6.07) is 11.2. The maximum Gasteiger partial charge on any atom is 2.00 e. The third-order valence-electron chi connectivity index (χ3n) is 2.28. The van der Waals surface area contributed by atoms with Crippen molar-refractivity contribution < 1.29 is 7.96 Å². The number of pyridine rings is 1. The first-order valence-electron chi connectivity index (χ1n) is 4.84. The zero-order valence-electron chi connectivity index (χ0n) is 11.0. The summed E-state index contributed by atoms with van der Waals surface area (Å²) in [7, 11) is 0. The van der Waals surface area contributed by atoms with Crippen molar-refractivity contribution in [3.05, 3.63) is 42.6 Å². The Morgan fingerprint density at radius 3 is 2.71 bits per heavy atom. The molecule has 0 saturated heterocycles. The van der Waals surface area contributed by atoms with E-state index in [0.29, 0.717) is 5.69 Å². The molecule has 0 aliphatic rings. The molecule has 0 aliphatic carbocycles.